The molecule has 1 N–H and O–H groups in total. The highest BCUT2D eigenvalue weighted by molar-refractivity contribution is 5.86. The van der Waals surface area contributed by atoms with Crippen molar-refractivity contribution in [3.05, 3.63) is 35.9 Å². The van der Waals surface area contributed by atoms with Crippen molar-refractivity contribution in [2.45, 2.75) is 24.9 Å². The number of rotatable bonds is 3. The molecule has 1 aliphatic heterocycles. The molecule has 2 rings (SSSR count). The molecule has 102 valence electrons. The Balaban J connectivity index is 2.08. The monoisotopic (exact) mass is 265 g/mol. The number of hydrogen-bond donors (Lipinski definition) is 1. The lowest BCUT2D eigenvalue weighted by Crippen LogP contribution is -2.40. The fourth-order valence-electron chi connectivity index (χ4n) is 2.29. The number of benzene rings is 1. The maximum Gasteiger partial charge on any atom is 0.343 e. The molecule has 19 heavy (non-hydrogen) atoms. The van der Waals surface area contributed by atoms with Gasteiger partial charge in [0.2, 0.25) is 11.6 Å². The van der Waals surface area contributed by atoms with Gasteiger partial charge in [-0.05, 0) is 12.5 Å². The van der Waals surface area contributed by atoms with Crippen LogP contribution in [0.2, 0.25) is 0 Å². The van der Waals surface area contributed by atoms with Gasteiger partial charge in [0.1, 0.15) is 0 Å². The summed E-state index contributed by atoms with van der Waals surface area (Å²) in [6.07, 6.45) is -0.143. The van der Waals surface area contributed by atoms with Gasteiger partial charge in [-0.25, -0.2) is 9.18 Å². The van der Waals surface area contributed by atoms with E-state index in [-0.39, 0.29) is 25.4 Å². The van der Waals surface area contributed by atoms with E-state index < -0.39 is 17.6 Å². The molecule has 1 aromatic carbocycles. The largest absolute Gasteiger partial charge is 0.479 e. The Morgan fingerprint density at radius 1 is 1.37 bits per heavy atom. The van der Waals surface area contributed by atoms with E-state index in [9.17, 15) is 14.0 Å². The van der Waals surface area contributed by atoms with Crippen molar-refractivity contribution in [3.8, 4) is 0 Å². The molecule has 0 radical (unpaired) electrons. The third kappa shape index (κ3) is 2.59. The molecule has 1 fully saturated rings. The second-order valence-electron chi connectivity index (χ2n) is 4.91. The van der Waals surface area contributed by atoms with Gasteiger partial charge in [-0.1, -0.05) is 30.3 Å². The van der Waals surface area contributed by atoms with Crippen LogP contribution in [0.25, 0.3) is 0 Å². The predicted molar refractivity (Wildman–Crippen MR) is 67.5 cm³/mol. The minimum Gasteiger partial charge on any atom is -0.479 e. The fraction of sp³-hybridized carbons (Fsp3) is 0.429. The standard InChI is InChI=1S/C14H16FNO3/c1-10(11-5-3-2-4-6-11)12(17)16-8-7-14(15,9-16)13(18)19/h2-6,10H,7-9H2,1H3,(H,18,19)/t10-,14?/m1/s1. The predicted octanol–water partition coefficient (Wildman–Crippen LogP) is 1.82. The first-order valence-corrected chi connectivity index (χ1v) is 6.20. The number of carbonyl (C=O) groups excluding carboxylic acids is 1. The molecule has 4 nitrogen and oxygen atoms in total. The molecule has 1 amide bonds. The number of aliphatic carboxylic acids is 1. The molecule has 1 heterocycles. The summed E-state index contributed by atoms with van der Waals surface area (Å²) >= 11 is 0. The molecule has 2 atom stereocenters. The molecule has 5 heteroatoms. The molecule has 0 aromatic heterocycles. The van der Waals surface area contributed by atoms with Crippen LogP contribution < -0.4 is 0 Å². The van der Waals surface area contributed by atoms with Gasteiger partial charge < -0.3 is 10.0 Å². The van der Waals surface area contributed by atoms with Gasteiger partial charge in [0.05, 0.1) is 12.5 Å². The molecule has 0 bridgehead atoms. The molecular weight excluding hydrogens is 249 g/mol. The summed E-state index contributed by atoms with van der Waals surface area (Å²) in [5.74, 6) is -2.11. The Kier molecular flexibility index (Phi) is 3.55. The lowest BCUT2D eigenvalue weighted by molar-refractivity contribution is -0.150. The zero-order valence-electron chi connectivity index (χ0n) is 10.7. The van der Waals surface area contributed by atoms with E-state index >= 15 is 0 Å². The van der Waals surface area contributed by atoms with Gasteiger partial charge >= 0.3 is 5.97 Å². The molecule has 1 aliphatic rings. The number of carboxylic acids is 1. The van der Waals surface area contributed by atoms with E-state index in [1.165, 1.54) is 4.90 Å². The highest BCUT2D eigenvalue weighted by Gasteiger charge is 2.47. The van der Waals surface area contributed by atoms with E-state index in [4.69, 9.17) is 5.11 Å². The quantitative estimate of drug-likeness (QED) is 0.906. The van der Waals surface area contributed by atoms with Crippen molar-refractivity contribution in [1.29, 1.82) is 0 Å². The Bertz CT molecular complexity index is 491. The molecule has 0 aliphatic carbocycles. The first kappa shape index (κ1) is 13.5. The van der Waals surface area contributed by atoms with Crippen LogP contribution in [0.15, 0.2) is 30.3 Å². The summed E-state index contributed by atoms with van der Waals surface area (Å²) < 4.78 is 13.9. The van der Waals surface area contributed by atoms with Crippen LogP contribution in [0.4, 0.5) is 4.39 Å². The Labute approximate surface area is 110 Å². The van der Waals surface area contributed by atoms with E-state index in [2.05, 4.69) is 0 Å². The van der Waals surface area contributed by atoms with Gasteiger partial charge in [0.25, 0.3) is 0 Å². The van der Waals surface area contributed by atoms with Gasteiger partial charge in [-0.3, -0.25) is 4.79 Å². The zero-order chi connectivity index (χ0) is 14.0. The van der Waals surface area contributed by atoms with Crippen molar-refractivity contribution in [1.82, 2.24) is 4.90 Å². The van der Waals surface area contributed by atoms with Crippen LogP contribution in [0.3, 0.4) is 0 Å². The topological polar surface area (TPSA) is 57.6 Å². The Morgan fingerprint density at radius 3 is 2.53 bits per heavy atom. The molecule has 0 saturated carbocycles. The number of halogens is 1. The number of likely N-dealkylation sites (tertiary alicyclic amines) is 1. The summed E-state index contributed by atoms with van der Waals surface area (Å²) in [6, 6.07) is 9.18. The van der Waals surface area contributed by atoms with Crippen molar-refractivity contribution in [2.75, 3.05) is 13.1 Å². The normalized spacial score (nSPS) is 24.2. The summed E-state index contributed by atoms with van der Waals surface area (Å²) in [4.78, 5) is 24.3. The minimum atomic E-state index is -2.30. The number of hydrogen-bond acceptors (Lipinski definition) is 2. The van der Waals surface area contributed by atoms with Gasteiger partial charge in [0, 0.05) is 13.0 Å². The summed E-state index contributed by atoms with van der Waals surface area (Å²) in [5.41, 5.74) is -1.45. The second-order valence-corrected chi connectivity index (χ2v) is 4.91. The third-order valence-corrected chi connectivity index (χ3v) is 3.58. The van der Waals surface area contributed by atoms with E-state index in [0.29, 0.717) is 0 Å². The van der Waals surface area contributed by atoms with Crippen LogP contribution in [0.5, 0.6) is 0 Å². The van der Waals surface area contributed by atoms with E-state index in [0.717, 1.165) is 5.56 Å². The third-order valence-electron chi connectivity index (χ3n) is 3.58. The van der Waals surface area contributed by atoms with Crippen LogP contribution >= 0.6 is 0 Å². The number of nitrogens with zero attached hydrogens (tertiary/aromatic N) is 1. The number of carbonyl (C=O) groups is 2. The SMILES string of the molecule is C[C@@H](C(=O)N1CCC(F)(C(=O)O)C1)c1ccccc1. The smallest absolute Gasteiger partial charge is 0.343 e. The van der Waals surface area contributed by atoms with E-state index in [1.807, 2.05) is 30.3 Å². The van der Waals surface area contributed by atoms with Crippen molar-refractivity contribution in [3.63, 3.8) is 0 Å². The van der Waals surface area contributed by atoms with Crippen LogP contribution in [-0.4, -0.2) is 40.6 Å². The molecule has 1 saturated heterocycles. The van der Waals surface area contributed by atoms with Gasteiger partial charge in [-0.15, -0.1) is 0 Å². The molecule has 0 spiro atoms. The van der Waals surface area contributed by atoms with Crippen molar-refractivity contribution < 1.29 is 19.1 Å². The Hall–Kier alpha value is -1.91. The van der Waals surface area contributed by atoms with Crippen LogP contribution in [0.1, 0.15) is 24.8 Å². The summed E-state index contributed by atoms with van der Waals surface area (Å²) in [6.45, 7) is 1.54. The molecule has 1 aromatic rings. The number of alkyl halides is 1. The second kappa shape index (κ2) is 4.99. The summed E-state index contributed by atoms with van der Waals surface area (Å²) in [5, 5.41) is 8.81. The van der Waals surface area contributed by atoms with Crippen LogP contribution in [0, 0.1) is 0 Å². The van der Waals surface area contributed by atoms with Crippen molar-refractivity contribution in [2.24, 2.45) is 0 Å². The first-order valence-electron chi connectivity index (χ1n) is 6.20. The highest BCUT2D eigenvalue weighted by Crippen LogP contribution is 2.28. The lowest BCUT2D eigenvalue weighted by Gasteiger charge is -2.21. The maximum absolute atomic E-state index is 13.9. The first-order chi connectivity index (χ1) is 8.94. The van der Waals surface area contributed by atoms with Crippen LogP contribution in [-0.2, 0) is 9.59 Å². The van der Waals surface area contributed by atoms with E-state index in [1.54, 1.807) is 6.92 Å². The average Bonchev–Trinajstić information content (AvgIpc) is 2.82. The zero-order valence-corrected chi connectivity index (χ0v) is 10.7. The fourth-order valence-corrected chi connectivity index (χ4v) is 2.29. The molecule has 1 unspecified atom stereocenters. The molecular formula is C14H16FNO3. The minimum absolute atomic E-state index is 0.143. The maximum atomic E-state index is 13.9. The van der Waals surface area contributed by atoms with Gasteiger partial charge in [0.15, 0.2) is 0 Å². The number of carboxylic acid groups (broad SMARTS) is 1. The number of amides is 1. The summed E-state index contributed by atoms with van der Waals surface area (Å²) in [7, 11) is 0. The highest BCUT2D eigenvalue weighted by atomic mass is 19.1. The lowest BCUT2D eigenvalue weighted by atomic mass is 10.00. The van der Waals surface area contributed by atoms with Crippen molar-refractivity contribution >= 4 is 11.9 Å². The Morgan fingerprint density at radius 2 is 2.00 bits per heavy atom. The van der Waals surface area contributed by atoms with Gasteiger partial charge in [-0.2, -0.15) is 0 Å². The average molecular weight is 265 g/mol.